The van der Waals surface area contributed by atoms with Crippen molar-refractivity contribution in [2.75, 3.05) is 7.05 Å². The van der Waals surface area contributed by atoms with Crippen molar-refractivity contribution in [2.45, 2.75) is 18.0 Å². The molecule has 5 nitrogen and oxygen atoms in total. The van der Waals surface area contributed by atoms with Crippen LogP contribution in [-0.2, 0) is 23.1 Å². The van der Waals surface area contributed by atoms with Crippen LogP contribution >= 0.6 is 11.6 Å². The highest BCUT2D eigenvalue weighted by Gasteiger charge is 2.21. The molecule has 7 heteroatoms. The van der Waals surface area contributed by atoms with E-state index in [0.717, 1.165) is 11.1 Å². The highest BCUT2D eigenvalue weighted by atomic mass is 35.5. The van der Waals surface area contributed by atoms with Crippen molar-refractivity contribution < 1.29 is 8.42 Å². The van der Waals surface area contributed by atoms with Crippen molar-refractivity contribution in [3.8, 4) is 0 Å². The summed E-state index contributed by atoms with van der Waals surface area (Å²) in [5, 5.41) is 0.507. The standard InChI is InChI=1S/C18H18ClN3O2S/c1-21(25(23,24)18-8-6-17(19)7-9-18)12-15-4-2-3-5-16(15)13-22-11-10-20-14-22/h2-11,14H,12-13H2,1H3. The molecule has 0 aliphatic heterocycles. The van der Waals surface area contributed by atoms with Gasteiger partial charge in [0.2, 0.25) is 10.0 Å². The van der Waals surface area contributed by atoms with Crippen LogP contribution < -0.4 is 0 Å². The summed E-state index contributed by atoms with van der Waals surface area (Å²) in [7, 11) is -2.00. The molecule has 2 aromatic carbocycles. The lowest BCUT2D eigenvalue weighted by atomic mass is 10.1. The van der Waals surface area contributed by atoms with Crippen LogP contribution in [0.15, 0.2) is 72.1 Å². The third-order valence-electron chi connectivity index (χ3n) is 3.95. The van der Waals surface area contributed by atoms with Gasteiger partial charge in [0.05, 0.1) is 11.2 Å². The minimum absolute atomic E-state index is 0.228. The molecule has 1 aromatic heterocycles. The summed E-state index contributed by atoms with van der Waals surface area (Å²) in [5.41, 5.74) is 2.01. The molecular weight excluding hydrogens is 358 g/mol. The van der Waals surface area contributed by atoms with E-state index in [1.54, 1.807) is 31.7 Å². The van der Waals surface area contributed by atoms with Gasteiger partial charge in [-0.3, -0.25) is 0 Å². The molecular formula is C18H18ClN3O2S. The fourth-order valence-corrected chi connectivity index (χ4v) is 3.83. The van der Waals surface area contributed by atoms with E-state index in [2.05, 4.69) is 4.98 Å². The van der Waals surface area contributed by atoms with Gasteiger partial charge in [0.15, 0.2) is 0 Å². The highest BCUT2D eigenvalue weighted by molar-refractivity contribution is 7.89. The first-order chi connectivity index (χ1) is 12.0. The first-order valence-electron chi connectivity index (χ1n) is 7.71. The summed E-state index contributed by atoms with van der Waals surface area (Å²) in [6.45, 7) is 0.931. The number of hydrogen-bond donors (Lipinski definition) is 0. The van der Waals surface area contributed by atoms with Crippen LogP contribution in [-0.4, -0.2) is 29.3 Å². The van der Waals surface area contributed by atoms with Crippen molar-refractivity contribution >= 4 is 21.6 Å². The molecule has 130 valence electrons. The zero-order valence-corrected chi connectivity index (χ0v) is 15.3. The van der Waals surface area contributed by atoms with Crippen molar-refractivity contribution in [3.05, 3.63) is 83.4 Å². The molecule has 1 heterocycles. The maximum absolute atomic E-state index is 12.7. The number of rotatable bonds is 6. The lowest BCUT2D eigenvalue weighted by molar-refractivity contribution is 0.465. The van der Waals surface area contributed by atoms with E-state index in [1.807, 2.05) is 35.0 Å². The summed E-state index contributed by atoms with van der Waals surface area (Å²) in [4.78, 5) is 4.27. The van der Waals surface area contributed by atoms with E-state index in [0.29, 0.717) is 11.6 Å². The molecule has 3 aromatic rings. The molecule has 3 rings (SSSR count). The molecule has 0 spiro atoms. The van der Waals surface area contributed by atoms with Gasteiger partial charge in [0.25, 0.3) is 0 Å². The molecule has 0 aliphatic rings. The second kappa shape index (κ2) is 7.39. The lowest BCUT2D eigenvalue weighted by Gasteiger charge is -2.19. The number of imidazole rings is 1. The van der Waals surface area contributed by atoms with E-state index in [9.17, 15) is 8.42 Å². The third-order valence-corrected chi connectivity index (χ3v) is 6.01. The van der Waals surface area contributed by atoms with Crippen molar-refractivity contribution in [1.29, 1.82) is 0 Å². The Bertz CT molecular complexity index is 939. The largest absolute Gasteiger partial charge is 0.333 e. The van der Waals surface area contributed by atoms with Gasteiger partial charge in [-0.25, -0.2) is 13.4 Å². The Balaban J connectivity index is 1.83. The molecule has 0 saturated heterocycles. The van der Waals surface area contributed by atoms with Crippen molar-refractivity contribution in [1.82, 2.24) is 13.9 Å². The quantitative estimate of drug-likeness (QED) is 0.663. The van der Waals surface area contributed by atoms with Gasteiger partial charge in [-0.05, 0) is 35.4 Å². The monoisotopic (exact) mass is 375 g/mol. The molecule has 0 fully saturated rings. The number of halogens is 1. The number of hydrogen-bond acceptors (Lipinski definition) is 3. The van der Waals surface area contributed by atoms with E-state index < -0.39 is 10.0 Å². The van der Waals surface area contributed by atoms with Crippen LogP contribution in [0.1, 0.15) is 11.1 Å². The average molecular weight is 376 g/mol. The lowest BCUT2D eigenvalue weighted by Crippen LogP contribution is -2.27. The summed E-state index contributed by atoms with van der Waals surface area (Å²) < 4.78 is 28.8. The Morgan fingerprint density at radius 2 is 1.76 bits per heavy atom. The van der Waals surface area contributed by atoms with Crippen LogP contribution in [0.3, 0.4) is 0 Å². The Morgan fingerprint density at radius 3 is 2.40 bits per heavy atom. The second-order valence-corrected chi connectivity index (χ2v) is 8.20. The van der Waals surface area contributed by atoms with Crippen LogP contribution in [0.5, 0.6) is 0 Å². The maximum Gasteiger partial charge on any atom is 0.243 e. The fourth-order valence-electron chi connectivity index (χ4n) is 2.55. The van der Waals surface area contributed by atoms with Gasteiger partial charge >= 0.3 is 0 Å². The number of sulfonamides is 1. The molecule has 0 aliphatic carbocycles. The van der Waals surface area contributed by atoms with Crippen LogP contribution in [0, 0.1) is 0 Å². The van der Waals surface area contributed by atoms with Crippen molar-refractivity contribution in [2.24, 2.45) is 0 Å². The summed E-state index contributed by atoms with van der Waals surface area (Å²) in [6, 6.07) is 14.0. The minimum atomic E-state index is -3.58. The molecule has 0 saturated carbocycles. The Morgan fingerprint density at radius 1 is 1.08 bits per heavy atom. The van der Waals surface area contributed by atoms with E-state index in [-0.39, 0.29) is 11.4 Å². The minimum Gasteiger partial charge on any atom is -0.333 e. The topological polar surface area (TPSA) is 55.2 Å². The zero-order chi connectivity index (χ0) is 17.9. The predicted molar refractivity (Wildman–Crippen MR) is 97.9 cm³/mol. The molecule has 0 bridgehead atoms. The van der Waals surface area contributed by atoms with E-state index >= 15 is 0 Å². The molecule has 0 radical (unpaired) electrons. The molecule has 0 amide bonds. The summed E-state index contributed by atoms with van der Waals surface area (Å²) in [6.07, 6.45) is 5.34. The molecule has 25 heavy (non-hydrogen) atoms. The van der Waals surface area contributed by atoms with Gasteiger partial charge in [0.1, 0.15) is 0 Å². The average Bonchev–Trinajstić information content (AvgIpc) is 3.10. The maximum atomic E-state index is 12.7. The highest BCUT2D eigenvalue weighted by Crippen LogP contribution is 2.20. The number of aromatic nitrogens is 2. The van der Waals surface area contributed by atoms with Gasteiger partial charge in [0, 0.05) is 37.6 Å². The smallest absolute Gasteiger partial charge is 0.243 e. The first kappa shape index (κ1) is 17.7. The summed E-state index contributed by atoms with van der Waals surface area (Å²) in [5.74, 6) is 0. The number of benzene rings is 2. The normalized spacial score (nSPS) is 11.8. The van der Waals surface area contributed by atoms with Gasteiger partial charge in [-0.2, -0.15) is 4.31 Å². The molecule has 0 N–H and O–H groups in total. The van der Waals surface area contributed by atoms with E-state index in [1.165, 1.54) is 16.4 Å². The van der Waals surface area contributed by atoms with Crippen LogP contribution in [0.4, 0.5) is 0 Å². The Hall–Kier alpha value is -2.15. The van der Waals surface area contributed by atoms with E-state index in [4.69, 9.17) is 11.6 Å². The Kier molecular flexibility index (Phi) is 5.22. The fraction of sp³-hybridized carbons (Fsp3) is 0.167. The first-order valence-corrected chi connectivity index (χ1v) is 9.53. The summed E-state index contributed by atoms with van der Waals surface area (Å²) >= 11 is 5.84. The Labute approximate surface area is 152 Å². The van der Waals surface area contributed by atoms with Gasteiger partial charge in [-0.1, -0.05) is 35.9 Å². The van der Waals surface area contributed by atoms with Crippen LogP contribution in [0.25, 0.3) is 0 Å². The SMILES string of the molecule is CN(Cc1ccccc1Cn1ccnc1)S(=O)(=O)c1ccc(Cl)cc1. The predicted octanol–water partition coefficient (Wildman–Crippen LogP) is 3.41. The third kappa shape index (κ3) is 4.10. The van der Waals surface area contributed by atoms with Crippen LogP contribution in [0.2, 0.25) is 5.02 Å². The molecule has 0 unspecified atom stereocenters. The zero-order valence-electron chi connectivity index (χ0n) is 13.7. The van der Waals surface area contributed by atoms with Gasteiger partial charge < -0.3 is 4.57 Å². The van der Waals surface area contributed by atoms with Crippen molar-refractivity contribution in [3.63, 3.8) is 0 Å². The van der Waals surface area contributed by atoms with Gasteiger partial charge in [-0.15, -0.1) is 0 Å². The molecule has 0 atom stereocenters. The second-order valence-electron chi connectivity index (χ2n) is 5.72. The number of nitrogens with zero attached hydrogens (tertiary/aromatic N) is 3.